The first-order valence-electron chi connectivity index (χ1n) is 14.5. The van der Waals surface area contributed by atoms with Gasteiger partial charge in [0, 0.05) is 36.1 Å². The topological polar surface area (TPSA) is 94.0 Å². The van der Waals surface area contributed by atoms with Crippen molar-refractivity contribution < 1.29 is 24.1 Å². The molecular weight excluding hydrogens is 554 g/mol. The molecule has 226 valence electrons. The van der Waals surface area contributed by atoms with Crippen LogP contribution in [0.3, 0.4) is 0 Å². The predicted octanol–water partition coefficient (Wildman–Crippen LogP) is 7.52. The average Bonchev–Trinajstić information content (AvgIpc) is 2.95. The molecule has 0 aliphatic carbocycles. The first-order valence-corrected chi connectivity index (χ1v) is 14.9. The first kappa shape index (κ1) is 31.6. The summed E-state index contributed by atoms with van der Waals surface area (Å²) in [5.74, 6) is 0.164. The first-order chi connectivity index (χ1) is 19.9. The number of carboxylic acids is 1. The molecule has 3 heterocycles. The van der Waals surface area contributed by atoms with E-state index in [1.165, 1.54) is 0 Å². The third-order valence-electron chi connectivity index (χ3n) is 7.84. The molecule has 1 atom stereocenters. The summed E-state index contributed by atoms with van der Waals surface area (Å²) in [6.45, 7) is 14.3. The Bertz CT molecular complexity index is 1370. The SMILES string of the molecule is CCC1(C)CCN(c2c(-c3ccc(OCCOc4ccccc4Cl)cn3)cnc(C)c2[C@H](OC(C)(C)C)C(=O)O)CC1. The molecule has 0 amide bonds. The average molecular weight is 596 g/mol. The summed E-state index contributed by atoms with van der Waals surface area (Å²) >= 11 is 6.15. The predicted molar refractivity (Wildman–Crippen MR) is 166 cm³/mol. The minimum atomic E-state index is -1.17. The highest BCUT2D eigenvalue weighted by Gasteiger charge is 2.36. The summed E-state index contributed by atoms with van der Waals surface area (Å²) in [6.07, 6.45) is 5.41. The Kier molecular flexibility index (Phi) is 10.00. The maximum Gasteiger partial charge on any atom is 0.337 e. The van der Waals surface area contributed by atoms with Crippen molar-refractivity contribution >= 4 is 23.3 Å². The number of pyridine rings is 2. The van der Waals surface area contributed by atoms with Crippen molar-refractivity contribution in [3.05, 3.63) is 65.1 Å². The number of piperidine rings is 1. The van der Waals surface area contributed by atoms with E-state index < -0.39 is 17.7 Å². The van der Waals surface area contributed by atoms with Crippen LogP contribution >= 0.6 is 11.6 Å². The van der Waals surface area contributed by atoms with E-state index in [9.17, 15) is 9.90 Å². The molecule has 0 unspecified atom stereocenters. The number of aromatic nitrogens is 2. The molecule has 1 aliphatic heterocycles. The third-order valence-corrected chi connectivity index (χ3v) is 8.16. The molecule has 9 heteroatoms. The second-order valence-corrected chi connectivity index (χ2v) is 12.5. The van der Waals surface area contributed by atoms with E-state index in [0.717, 1.165) is 43.6 Å². The van der Waals surface area contributed by atoms with E-state index in [0.29, 0.717) is 46.7 Å². The van der Waals surface area contributed by atoms with Gasteiger partial charge in [-0.2, -0.15) is 0 Å². The van der Waals surface area contributed by atoms with E-state index in [1.54, 1.807) is 18.5 Å². The number of halogens is 1. The number of rotatable bonds is 11. The fraction of sp³-hybridized carbons (Fsp3) is 0.485. The van der Waals surface area contributed by atoms with E-state index in [2.05, 4.69) is 23.7 Å². The standard InChI is InChI=1S/C33H42ClN3O5/c1-7-33(6)14-16-37(17-15-33)29-24(21-35-22(2)28(29)30(31(38)39)42-32(3,4)5)26-13-12-23(20-36-26)40-18-19-41-27-11-9-8-10-25(27)34/h8-13,20-21,30H,7,14-19H2,1-6H3,(H,38,39)/t30-/m0/s1. The van der Waals surface area contributed by atoms with Crippen LogP contribution in [0.15, 0.2) is 48.8 Å². The molecule has 0 bridgehead atoms. The van der Waals surface area contributed by atoms with Crippen LogP contribution < -0.4 is 14.4 Å². The molecule has 1 aromatic carbocycles. The minimum absolute atomic E-state index is 0.264. The van der Waals surface area contributed by atoms with Crippen LogP contribution in [0.4, 0.5) is 5.69 Å². The molecule has 0 saturated carbocycles. The second-order valence-electron chi connectivity index (χ2n) is 12.1. The molecular formula is C33H42ClN3O5. The molecule has 3 aromatic rings. The Morgan fingerprint density at radius 3 is 2.36 bits per heavy atom. The number of anilines is 1. The highest BCUT2D eigenvalue weighted by Crippen LogP contribution is 2.44. The fourth-order valence-corrected chi connectivity index (χ4v) is 5.35. The summed E-state index contributed by atoms with van der Waals surface area (Å²) in [5, 5.41) is 10.9. The highest BCUT2D eigenvalue weighted by atomic mass is 35.5. The number of aliphatic carboxylic acids is 1. The van der Waals surface area contributed by atoms with Crippen LogP contribution in [0.2, 0.25) is 5.02 Å². The Morgan fingerprint density at radius 1 is 1.07 bits per heavy atom. The van der Waals surface area contributed by atoms with Crippen molar-refractivity contribution in [2.24, 2.45) is 5.41 Å². The quantitative estimate of drug-likeness (QED) is 0.227. The molecule has 1 N–H and O–H groups in total. The van der Waals surface area contributed by atoms with Gasteiger partial charge in [0.1, 0.15) is 24.7 Å². The van der Waals surface area contributed by atoms with Crippen LogP contribution in [0.1, 0.15) is 71.2 Å². The summed E-state index contributed by atoms with van der Waals surface area (Å²) < 4.78 is 17.7. The van der Waals surface area contributed by atoms with Crippen LogP contribution in [0.25, 0.3) is 11.3 Å². The Balaban J connectivity index is 1.63. The van der Waals surface area contributed by atoms with Gasteiger partial charge in [0.25, 0.3) is 0 Å². The van der Waals surface area contributed by atoms with E-state index in [-0.39, 0.29) is 5.41 Å². The van der Waals surface area contributed by atoms with Crippen LogP contribution in [0, 0.1) is 12.3 Å². The smallest absolute Gasteiger partial charge is 0.337 e. The van der Waals surface area contributed by atoms with Crippen molar-refractivity contribution in [2.75, 3.05) is 31.2 Å². The van der Waals surface area contributed by atoms with Crippen molar-refractivity contribution in [3.8, 4) is 22.8 Å². The minimum Gasteiger partial charge on any atom is -0.488 e. The number of carboxylic acid groups (broad SMARTS) is 1. The van der Waals surface area contributed by atoms with Gasteiger partial charge in [0.15, 0.2) is 6.10 Å². The Labute approximate surface area is 254 Å². The van der Waals surface area contributed by atoms with E-state index in [1.807, 2.05) is 58.0 Å². The lowest BCUT2D eigenvalue weighted by Crippen LogP contribution is -2.40. The number of hydrogen-bond acceptors (Lipinski definition) is 7. The highest BCUT2D eigenvalue weighted by molar-refractivity contribution is 6.32. The molecule has 4 rings (SSSR count). The van der Waals surface area contributed by atoms with Gasteiger partial charge in [0.05, 0.1) is 28.2 Å². The molecule has 2 aromatic heterocycles. The lowest BCUT2D eigenvalue weighted by molar-refractivity contribution is -0.160. The van der Waals surface area contributed by atoms with Gasteiger partial charge in [-0.25, -0.2) is 4.79 Å². The van der Waals surface area contributed by atoms with Crippen LogP contribution in [0.5, 0.6) is 11.5 Å². The third kappa shape index (κ3) is 7.72. The van der Waals surface area contributed by atoms with Crippen molar-refractivity contribution in [1.82, 2.24) is 9.97 Å². The molecule has 0 spiro atoms. The number of para-hydroxylation sites is 1. The number of hydrogen-bond donors (Lipinski definition) is 1. The van der Waals surface area contributed by atoms with Gasteiger partial charge in [-0.05, 0) is 70.2 Å². The number of aryl methyl sites for hydroxylation is 1. The maximum absolute atomic E-state index is 12.6. The molecule has 8 nitrogen and oxygen atoms in total. The number of ether oxygens (including phenoxy) is 3. The monoisotopic (exact) mass is 595 g/mol. The van der Waals surface area contributed by atoms with Gasteiger partial charge in [0.2, 0.25) is 0 Å². The van der Waals surface area contributed by atoms with Crippen LogP contribution in [-0.4, -0.2) is 52.9 Å². The van der Waals surface area contributed by atoms with Crippen molar-refractivity contribution in [1.29, 1.82) is 0 Å². The number of carbonyl (C=O) groups is 1. The summed E-state index contributed by atoms with van der Waals surface area (Å²) in [6, 6.07) is 11.0. The molecule has 1 saturated heterocycles. The Morgan fingerprint density at radius 2 is 1.76 bits per heavy atom. The van der Waals surface area contributed by atoms with Crippen LogP contribution in [-0.2, 0) is 9.53 Å². The maximum atomic E-state index is 12.6. The zero-order valence-electron chi connectivity index (χ0n) is 25.4. The van der Waals surface area contributed by atoms with Gasteiger partial charge in [-0.3, -0.25) is 9.97 Å². The second kappa shape index (κ2) is 13.3. The van der Waals surface area contributed by atoms with E-state index in [4.69, 9.17) is 30.8 Å². The number of benzene rings is 1. The van der Waals surface area contributed by atoms with Crippen molar-refractivity contribution in [3.63, 3.8) is 0 Å². The van der Waals surface area contributed by atoms with Gasteiger partial charge in [-0.15, -0.1) is 0 Å². The molecule has 0 radical (unpaired) electrons. The zero-order valence-corrected chi connectivity index (χ0v) is 26.2. The van der Waals surface area contributed by atoms with E-state index >= 15 is 0 Å². The largest absolute Gasteiger partial charge is 0.488 e. The molecule has 1 aliphatic rings. The van der Waals surface area contributed by atoms with Crippen molar-refractivity contribution in [2.45, 2.75) is 72.5 Å². The lowest BCUT2D eigenvalue weighted by Gasteiger charge is -2.42. The zero-order chi connectivity index (χ0) is 30.5. The Hall–Kier alpha value is -3.36. The summed E-state index contributed by atoms with van der Waals surface area (Å²) in [7, 11) is 0. The summed E-state index contributed by atoms with van der Waals surface area (Å²) in [5.41, 5.74) is 3.08. The van der Waals surface area contributed by atoms with Gasteiger partial charge < -0.3 is 24.2 Å². The lowest BCUT2D eigenvalue weighted by atomic mass is 9.78. The fourth-order valence-electron chi connectivity index (χ4n) is 5.16. The molecule has 1 fully saturated rings. The van der Waals surface area contributed by atoms with Gasteiger partial charge >= 0.3 is 5.97 Å². The number of nitrogens with zero attached hydrogens (tertiary/aromatic N) is 3. The molecule has 42 heavy (non-hydrogen) atoms. The normalized spacial score (nSPS) is 15.7. The van der Waals surface area contributed by atoms with Gasteiger partial charge in [-0.1, -0.05) is 44.0 Å². The summed E-state index contributed by atoms with van der Waals surface area (Å²) in [4.78, 5) is 24.3.